The molecule has 2 aromatic carbocycles. The molecular weight excluding hydrogens is 377 g/mol. The number of nitrogens with zero attached hydrogens (tertiary/aromatic N) is 2. The standard InChI is InChI=1S/C23H23F3N2O/c24-23(25,26)18-8-6-17(7-9-18)21-14-22(15-21,16-21)20(29)28-12-10-27(11-13-28)19-4-2-1-3-5-19/h1-9H,10-16H2. The molecule has 0 N–H and O–H groups in total. The zero-order valence-electron chi connectivity index (χ0n) is 16.1. The minimum atomic E-state index is -4.31. The lowest BCUT2D eigenvalue weighted by molar-refractivity contribution is -0.187. The Morgan fingerprint density at radius 1 is 0.828 bits per heavy atom. The van der Waals surface area contributed by atoms with Crippen LogP contribution in [0, 0.1) is 5.41 Å². The van der Waals surface area contributed by atoms with Gasteiger partial charge in [0.2, 0.25) is 5.91 Å². The van der Waals surface area contributed by atoms with Crippen LogP contribution in [0.3, 0.4) is 0 Å². The van der Waals surface area contributed by atoms with Crippen LogP contribution in [-0.2, 0) is 16.4 Å². The van der Waals surface area contributed by atoms with Crippen LogP contribution < -0.4 is 4.90 Å². The molecule has 2 aromatic rings. The van der Waals surface area contributed by atoms with Gasteiger partial charge in [-0.3, -0.25) is 4.79 Å². The van der Waals surface area contributed by atoms with Crippen molar-refractivity contribution >= 4 is 11.6 Å². The summed E-state index contributed by atoms with van der Waals surface area (Å²) in [6, 6.07) is 15.7. The monoisotopic (exact) mass is 400 g/mol. The van der Waals surface area contributed by atoms with Crippen LogP contribution in [0.4, 0.5) is 18.9 Å². The van der Waals surface area contributed by atoms with Crippen LogP contribution in [0.1, 0.15) is 30.4 Å². The first-order valence-electron chi connectivity index (χ1n) is 10.1. The third kappa shape index (κ3) is 2.92. The highest BCUT2D eigenvalue weighted by Crippen LogP contribution is 2.74. The number of halogens is 3. The lowest BCUT2D eigenvalue weighted by atomic mass is 9.33. The van der Waals surface area contributed by atoms with Crippen molar-refractivity contribution in [2.75, 3.05) is 31.1 Å². The normalized spacial score (nSPS) is 28.5. The molecule has 0 radical (unpaired) electrons. The van der Waals surface area contributed by atoms with E-state index in [1.807, 2.05) is 23.1 Å². The van der Waals surface area contributed by atoms with Gasteiger partial charge in [0.25, 0.3) is 0 Å². The minimum Gasteiger partial charge on any atom is -0.368 e. The largest absolute Gasteiger partial charge is 0.416 e. The molecule has 6 heteroatoms. The van der Waals surface area contributed by atoms with Gasteiger partial charge < -0.3 is 9.80 Å². The molecule has 3 saturated carbocycles. The van der Waals surface area contributed by atoms with E-state index in [9.17, 15) is 18.0 Å². The fourth-order valence-corrected chi connectivity index (χ4v) is 5.48. The molecule has 1 aliphatic heterocycles. The Morgan fingerprint density at radius 3 is 1.97 bits per heavy atom. The molecule has 1 heterocycles. The maximum absolute atomic E-state index is 13.1. The van der Waals surface area contributed by atoms with Gasteiger partial charge in [0.1, 0.15) is 0 Å². The highest BCUT2D eigenvalue weighted by molar-refractivity contribution is 5.88. The Balaban J connectivity index is 1.19. The van der Waals surface area contributed by atoms with Crippen molar-refractivity contribution in [3.8, 4) is 0 Å². The van der Waals surface area contributed by atoms with Crippen molar-refractivity contribution in [2.24, 2.45) is 5.41 Å². The van der Waals surface area contributed by atoms with Crippen LogP contribution in [0.2, 0.25) is 0 Å². The van der Waals surface area contributed by atoms with Gasteiger partial charge in [-0.25, -0.2) is 0 Å². The van der Waals surface area contributed by atoms with Crippen molar-refractivity contribution < 1.29 is 18.0 Å². The van der Waals surface area contributed by atoms with Gasteiger partial charge in [-0.05, 0) is 54.5 Å². The summed E-state index contributed by atoms with van der Waals surface area (Å²) in [5, 5.41) is 0. The third-order valence-corrected chi connectivity index (χ3v) is 7.00. The molecule has 6 rings (SSSR count). The van der Waals surface area contributed by atoms with Gasteiger partial charge >= 0.3 is 6.18 Å². The summed E-state index contributed by atoms with van der Waals surface area (Å²) in [5.74, 6) is 0.235. The number of carbonyl (C=O) groups is 1. The first kappa shape index (κ1) is 18.5. The van der Waals surface area contributed by atoms with E-state index in [1.165, 1.54) is 5.69 Å². The number of hydrogen-bond acceptors (Lipinski definition) is 2. The quantitative estimate of drug-likeness (QED) is 0.759. The van der Waals surface area contributed by atoms with Gasteiger partial charge in [-0.15, -0.1) is 0 Å². The van der Waals surface area contributed by atoms with Gasteiger partial charge in [0, 0.05) is 31.9 Å². The number of carbonyl (C=O) groups excluding carboxylic acids is 1. The van der Waals surface area contributed by atoms with Crippen LogP contribution in [0.15, 0.2) is 54.6 Å². The van der Waals surface area contributed by atoms with Gasteiger partial charge in [-0.1, -0.05) is 30.3 Å². The van der Waals surface area contributed by atoms with Crippen molar-refractivity contribution in [3.05, 3.63) is 65.7 Å². The lowest BCUT2D eigenvalue weighted by Gasteiger charge is -2.70. The molecule has 2 bridgehead atoms. The zero-order chi connectivity index (χ0) is 20.3. The number of hydrogen-bond donors (Lipinski definition) is 0. The van der Waals surface area contributed by atoms with Crippen molar-refractivity contribution in [1.29, 1.82) is 0 Å². The molecule has 0 unspecified atom stereocenters. The molecule has 1 saturated heterocycles. The Bertz CT molecular complexity index is 896. The van der Waals surface area contributed by atoms with Gasteiger partial charge in [0.05, 0.1) is 11.0 Å². The third-order valence-electron chi connectivity index (χ3n) is 7.00. The van der Waals surface area contributed by atoms with E-state index in [-0.39, 0.29) is 16.7 Å². The second kappa shape index (κ2) is 6.25. The minimum absolute atomic E-state index is 0.0916. The van der Waals surface area contributed by atoms with E-state index < -0.39 is 11.7 Å². The van der Waals surface area contributed by atoms with Crippen LogP contribution in [0.25, 0.3) is 0 Å². The lowest BCUT2D eigenvalue weighted by Crippen LogP contribution is -2.71. The molecule has 4 aliphatic rings. The molecule has 3 nitrogen and oxygen atoms in total. The Kier molecular flexibility index (Phi) is 3.99. The molecular formula is C23H23F3N2O. The summed E-state index contributed by atoms with van der Waals surface area (Å²) >= 11 is 0. The second-order valence-electron chi connectivity index (χ2n) is 8.78. The van der Waals surface area contributed by atoms with E-state index in [4.69, 9.17) is 0 Å². The van der Waals surface area contributed by atoms with E-state index in [2.05, 4.69) is 17.0 Å². The fraction of sp³-hybridized carbons (Fsp3) is 0.435. The summed E-state index contributed by atoms with van der Waals surface area (Å²) in [6.45, 7) is 3.11. The van der Waals surface area contributed by atoms with E-state index in [1.54, 1.807) is 12.1 Å². The summed E-state index contributed by atoms with van der Waals surface area (Å²) in [6.07, 6.45) is -2.01. The maximum Gasteiger partial charge on any atom is 0.416 e. The van der Waals surface area contributed by atoms with E-state index in [0.29, 0.717) is 0 Å². The van der Waals surface area contributed by atoms with Crippen molar-refractivity contribution in [3.63, 3.8) is 0 Å². The molecule has 0 atom stereocenters. The number of amides is 1. The molecule has 29 heavy (non-hydrogen) atoms. The molecule has 3 aliphatic carbocycles. The summed E-state index contributed by atoms with van der Waals surface area (Å²) in [7, 11) is 0. The van der Waals surface area contributed by atoms with Crippen molar-refractivity contribution in [1.82, 2.24) is 4.90 Å². The van der Waals surface area contributed by atoms with Gasteiger partial charge in [-0.2, -0.15) is 13.2 Å². The summed E-state index contributed by atoms with van der Waals surface area (Å²) < 4.78 is 38.3. The number of para-hydroxylation sites is 1. The van der Waals surface area contributed by atoms with Crippen LogP contribution >= 0.6 is 0 Å². The van der Waals surface area contributed by atoms with Crippen LogP contribution in [-0.4, -0.2) is 37.0 Å². The molecule has 152 valence electrons. The predicted octanol–water partition coefficient (Wildman–Crippen LogP) is 4.48. The zero-order valence-corrected chi connectivity index (χ0v) is 16.1. The van der Waals surface area contributed by atoms with E-state index >= 15 is 0 Å². The Hall–Kier alpha value is -2.50. The SMILES string of the molecule is O=C(N1CCN(c2ccccc2)CC1)C12CC(c3ccc(C(F)(F)F)cc3)(C1)C2. The molecule has 4 fully saturated rings. The number of benzene rings is 2. The topological polar surface area (TPSA) is 23.6 Å². The fourth-order valence-electron chi connectivity index (χ4n) is 5.48. The Labute approximate surface area is 168 Å². The smallest absolute Gasteiger partial charge is 0.368 e. The number of piperazine rings is 1. The van der Waals surface area contributed by atoms with Crippen LogP contribution in [0.5, 0.6) is 0 Å². The number of rotatable bonds is 3. The first-order chi connectivity index (χ1) is 13.8. The molecule has 0 spiro atoms. The first-order valence-corrected chi connectivity index (χ1v) is 10.1. The summed E-state index contributed by atoms with van der Waals surface area (Å²) in [5.41, 5.74) is 1.14. The predicted molar refractivity (Wildman–Crippen MR) is 105 cm³/mol. The summed E-state index contributed by atoms with van der Waals surface area (Å²) in [4.78, 5) is 17.4. The van der Waals surface area contributed by atoms with E-state index in [0.717, 1.165) is 63.1 Å². The second-order valence-corrected chi connectivity index (χ2v) is 8.78. The average Bonchev–Trinajstić information content (AvgIpc) is 2.66. The molecule has 0 aromatic heterocycles. The van der Waals surface area contributed by atoms with Crippen molar-refractivity contribution in [2.45, 2.75) is 30.9 Å². The highest BCUT2D eigenvalue weighted by atomic mass is 19.4. The maximum atomic E-state index is 13.1. The number of anilines is 1. The Morgan fingerprint density at radius 2 is 1.41 bits per heavy atom. The highest BCUT2D eigenvalue weighted by Gasteiger charge is 2.72. The number of alkyl halides is 3. The average molecular weight is 400 g/mol. The molecule has 1 amide bonds. The van der Waals surface area contributed by atoms with Gasteiger partial charge in [0.15, 0.2) is 0 Å².